The highest BCUT2D eigenvalue weighted by Crippen LogP contribution is 2.27. The SMILES string of the molecule is CC1CN(Cc2ccccc2)CC1Nc1cc([N+](=O)[O-])cc(S(N)(=O)=O)c1. The number of nitro benzene ring substituents is 1. The van der Waals surface area contributed by atoms with Gasteiger partial charge < -0.3 is 5.32 Å². The van der Waals surface area contributed by atoms with E-state index in [-0.39, 0.29) is 16.6 Å². The topological polar surface area (TPSA) is 119 Å². The predicted molar refractivity (Wildman–Crippen MR) is 103 cm³/mol. The molecule has 1 aliphatic rings. The Morgan fingerprint density at radius 3 is 2.56 bits per heavy atom. The molecular formula is C18H22N4O4S. The molecule has 0 amide bonds. The zero-order chi connectivity index (χ0) is 19.6. The molecule has 0 radical (unpaired) electrons. The summed E-state index contributed by atoms with van der Waals surface area (Å²) in [5.74, 6) is 0.297. The van der Waals surface area contributed by atoms with Crippen molar-refractivity contribution >= 4 is 21.4 Å². The van der Waals surface area contributed by atoms with Gasteiger partial charge in [0.1, 0.15) is 0 Å². The van der Waals surface area contributed by atoms with Crippen molar-refractivity contribution in [1.29, 1.82) is 0 Å². The molecule has 27 heavy (non-hydrogen) atoms. The van der Waals surface area contributed by atoms with Crippen molar-refractivity contribution in [3.05, 3.63) is 64.2 Å². The van der Waals surface area contributed by atoms with Gasteiger partial charge in [0.05, 0.1) is 9.82 Å². The summed E-state index contributed by atoms with van der Waals surface area (Å²) in [6.45, 7) is 4.55. The number of benzene rings is 2. The second-order valence-electron chi connectivity index (χ2n) is 6.93. The number of nitrogens with two attached hydrogens (primary N) is 1. The summed E-state index contributed by atoms with van der Waals surface area (Å²) in [7, 11) is -4.03. The summed E-state index contributed by atoms with van der Waals surface area (Å²) in [6, 6.07) is 13.8. The van der Waals surface area contributed by atoms with Crippen molar-refractivity contribution in [3.63, 3.8) is 0 Å². The maximum atomic E-state index is 11.6. The number of non-ortho nitro benzene ring substituents is 1. The second-order valence-corrected chi connectivity index (χ2v) is 8.49. The van der Waals surface area contributed by atoms with E-state index in [4.69, 9.17) is 5.14 Å². The van der Waals surface area contributed by atoms with Gasteiger partial charge in [0.15, 0.2) is 0 Å². The molecule has 1 aliphatic heterocycles. The Morgan fingerprint density at radius 1 is 1.22 bits per heavy atom. The second kappa shape index (κ2) is 7.63. The largest absolute Gasteiger partial charge is 0.380 e. The number of rotatable bonds is 6. The normalized spacial score (nSPS) is 20.5. The number of primary sulfonamides is 1. The number of likely N-dealkylation sites (tertiary alicyclic amines) is 1. The first-order chi connectivity index (χ1) is 12.7. The molecule has 144 valence electrons. The molecule has 0 aromatic heterocycles. The fraction of sp³-hybridized carbons (Fsp3) is 0.333. The number of nitrogens with one attached hydrogen (secondary N) is 1. The maximum Gasteiger partial charge on any atom is 0.272 e. The predicted octanol–water partition coefficient (Wildman–Crippen LogP) is 2.17. The summed E-state index contributed by atoms with van der Waals surface area (Å²) in [6.07, 6.45) is 0. The highest BCUT2D eigenvalue weighted by atomic mass is 32.2. The summed E-state index contributed by atoms with van der Waals surface area (Å²) < 4.78 is 23.3. The zero-order valence-corrected chi connectivity index (χ0v) is 15.7. The third kappa shape index (κ3) is 4.82. The maximum absolute atomic E-state index is 11.6. The lowest BCUT2D eigenvalue weighted by atomic mass is 10.1. The summed E-state index contributed by atoms with van der Waals surface area (Å²) >= 11 is 0. The van der Waals surface area contributed by atoms with Crippen LogP contribution in [-0.2, 0) is 16.6 Å². The smallest absolute Gasteiger partial charge is 0.272 e. The molecule has 2 atom stereocenters. The fourth-order valence-electron chi connectivity index (χ4n) is 3.38. The third-order valence-electron chi connectivity index (χ3n) is 4.72. The van der Waals surface area contributed by atoms with Crippen LogP contribution in [0.3, 0.4) is 0 Å². The molecule has 0 saturated carbocycles. The average Bonchev–Trinajstić information content (AvgIpc) is 2.93. The Bertz CT molecular complexity index is 934. The van der Waals surface area contributed by atoms with Crippen LogP contribution in [0.25, 0.3) is 0 Å². The van der Waals surface area contributed by atoms with Crippen LogP contribution in [0.2, 0.25) is 0 Å². The van der Waals surface area contributed by atoms with E-state index in [0.29, 0.717) is 11.6 Å². The number of sulfonamides is 1. The first-order valence-electron chi connectivity index (χ1n) is 8.57. The van der Waals surface area contributed by atoms with E-state index in [1.54, 1.807) is 0 Å². The Balaban J connectivity index is 1.76. The molecule has 3 N–H and O–H groups in total. The molecule has 8 nitrogen and oxygen atoms in total. The van der Waals surface area contributed by atoms with Crippen LogP contribution in [0.5, 0.6) is 0 Å². The van der Waals surface area contributed by atoms with Gasteiger partial charge in [-0.1, -0.05) is 37.3 Å². The molecule has 0 spiro atoms. The minimum Gasteiger partial charge on any atom is -0.380 e. The standard InChI is InChI=1S/C18H22N4O4S/c1-13-10-21(11-14-5-3-2-4-6-14)12-18(13)20-15-7-16(22(23)24)9-17(8-15)27(19,25)26/h2-9,13,18,20H,10-12H2,1H3,(H2,19,25,26). The highest BCUT2D eigenvalue weighted by molar-refractivity contribution is 7.89. The van der Waals surface area contributed by atoms with Crippen molar-refractivity contribution in [1.82, 2.24) is 4.90 Å². The van der Waals surface area contributed by atoms with Crippen molar-refractivity contribution in [2.24, 2.45) is 11.1 Å². The van der Waals surface area contributed by atoms with Crippen LogP contribution in [0, 0.1) is 16.0 Å². The molecule has 0 bridgehead atoms. The molecule has 2 unspecified atom stereocenters. The fourth-order valence-corrected chi connectivity index (χ4v) is 3.95. The van der Waals surface area contributed by atoms with Crippen LogP contribution >= 0.6 is 0 Å². The van der Waals surface area contributed by atoms with Gasteiger partial charge in [0.2, 0.25) is 10.0 Å². The molecular weight excluding hydrogens is 368 g/mol. The molecule has 3 rings (SSSR count). The van der Waals surface area contributed by atoms with Gasteiger partial charge in [-0.25, -0.2) is 13.6 Å². The van der Waals surface area contributed by atoms with Crippen molar-refractivity contribution in [2.75, 3.05) is 18.4 Å². The molecule has 2 aromatic carbocycles. The molecule has 1 heterocycles. The minimum atomic E-state index is -4.03. The van der Waals surface area contributed by atoms with Gasteiger partial charge in [0.25, 0.3) is 5.69 Å². The Hall–Kier alpha value is -2.49. The minimum absolute atomic E-state index is 0.0454. The highest BCUT2D eigenvalue weighted by Gasteiger charge is 2.30. The van der Waals surface area contributed by atoms with Crippen LogP contribution in [0.15, 0.2) is 53.4 Å². The van der Waals surface area contributed by atoms with E-state index in [9.17, 15) is 18.5 Å². The number of anilines is 1. The lowest BCUT2D eigenvalue weighted by Crippen LogP contribution is -2.28. The molecule has 0 aliphatic carbocycles. The number of hydrogen-bond acceptors (Lipinski definition) is 6. The monoisotopic (exact) mass is 390 g/mol. The number of hydrogen-bond donors (Lipinski definition) is 2. The molecule has 9 heteroatoms. The van der Waals surface area contributed by atoms with Gasteiger partial charge in [0, 0.05) is 43.5 Å². The molecule has 1 saturated heterocycles. The van der Waals surface area contributed by atoms with Crippen LogP contribution < -0.4 is 10.5 Å². The van der Waals surface area contributed by atoms with Crippen LogP contribution in [-0.4, -0.2) is 37.4 Å². The Morgan fingerprint density at radius 2 is 1.93 bits per heavy atom. The van der Waals surface area contributed by atoms with E-state index in [1.807, 2.05) is 18.2 Å². The third-order valence-corrected chi connectivity index (χ3v) is 5.61. The van der Waals surface area contributed by atoms with Crippen molar-refractivity contribution in [2.45, 2.75) is 24.4 Å². The summed E-state index contributed by atoms with van der Waals surface area (Å²) in [4.78, 5) is 12.5. The lowest BCUT2D eigenvalue weighted by molar-refractivity contribution is -0.385. The summed E-state index contributed by atoms with van der Waals surface area (Å²) in [5, 5.41) is 19.5. The van der Waals surface area contributed by atoms with Crippen molar-refractivity contribution in [3.8, 4) is 0 Å². The number of nitrogens with zero attached hydrogens (tertiary/aromatic N) is 2. The average molecular weight is 390 g/mol. The van der Waals surface area contributed by atoms with Gasteiger partial charge in [-0.05, 0) is 17.5 Å². The van der Waals surface area contributed by atoms with E-state index >= 15 is 0 Å². The van der Waals surface area contributed by atoms with E-state index in [0.717, 1.165) is 25.7 Å². The zero-order valence-electron chi connectivity index (χ0n) is 14.9. The van der Waals surface area contributed by atoms with Gasteiger partial charge >= 0.3 is 0 Å². The van der Waals surface area contributed by atoms with E-state index in [2.05, 4.69) is 29.3 Å². The first-order valence-corrected chi connectivity index (χ1v) is 10.1. The quantitative estimate of drug-likeness (QED) is 0.576. The van der Waals surface area contributed by atoms with Gasteiger partial charge in [-0.15, -0.1) is 0 Å². The summed E-state index contributed by atoms with van der Waals surface area (Å²) in [5.41, 5.74) is 1.29. The Kier molecular flexibility index (Phi) is 5.45. The van der Waals surface area contributed by atoms with Crippen molar-refractivity contribution < 1.29 is 13.3 Å². The van der Waals surface area contributed by atoms with E-state index in [1.165, 1.54) is 17.7 Å². The molecule has 1 fully saturated rings. The number of nitro groups is 1. The van der Waals surface area contributed by atoms with Crippen LogP contribution in [0.4, 0.5) is 11.4 Å². The van der Waals surface area contributed by atoms with Gasteiger partial charge in [-0.3, -0.25) is 15.0 Å². The van der Waals surface area contributed by atoms with E-state index < -0.39 is 14.9 Å². The van der Waals surface area contributed by atoms with Crippen LogP contribution in [0.1, 0.15) is 12.5 Å². The first kappa shape index (κ1) is 19.3. The Labute approximate surface area is 158 Å². The van der Waals surface area contributed by atoms with Gasteiger partial charge in [-0.2, -0.15) is 0 Å². The molecule has 2 aromatic rings. The lowest BCUT2D eigenvalue weighted by Gasteiger charge is -2.19.